The largest absolute Gasteiger partial charge is 0.445 e. The molecule has 25 heavy (non-hydrogen) atoms. The lowest BCUT2D eigenvalue weighted by atomic mass is 10.0. The smallest absolute Gasteiger partial charge is 0.181 e. The van der Waals surface area contributed by atoms with Gasteiger partial charge in [-0.25, -0.2) is 4.39 Å². The molecule has 0 amide bonds. The van der Waals surface area contributed by atoms with Gasteiger partial charge in [0.2, 0.25) is 0 Å². The zero-order valence-corrected chi connectivity index (χ0v) is 14.9. The first-order chi connectivity index (χ1) is 12.2. The summed E-state index contributed by atoms with van der Waals surface area (Å²) in [6.45, 7) is 3.22. The summed E-state index contributed by atoms with van der Waals surface area (Å²) >= 11 is 0. The lowest BCUT2D eigenvalue weighted by Gasteiger charge is -2.33. The van der Waals surface area contributed by atoms with Crippen molar-refractivity contribution in [2.75, 3.05) is 25.5 Å². The van der Waals surface area contributed by atoms with E-state index in [2.05, 4.69) is 23.2 Å². The molecule has 4 rings (SSSR count). The highest BCUT2D eigenvalue weighted by Gasteiger charge is 2.29. The van der Waals surface area contributed by atoms with Crippen LogP contribution < -0.4 is 5.32 Å². The molecule has 0 spiro atoms. The average molecular weight is 340 g/mol. The van der Waals surface area contributed by atoms with Crippen LogP contribution in [0.2, 0.25) is 0 Å². The summed E-state index contributed by atoms with van der Waals surface area (Å²) in [6.07, 6.45) is 3.54. The van der Waals surface area contributed by atoms with E-state index in [0.29, 0.717) is 6.54 Å². The molecule has 2 unspecified atom stereocenters. The predicted octanol–water partition coefficient (Wildman–Crippen LogP) is 4.21. The standard InChI is InChI=1S/C21H25FN2O/c1-3-5-20-16(12-14-8-9-14)15-6-4-7-19(21(15)25-20)23-18-10-11-24(2)13-17(18)22/h4,6-7,14,17-18,23H,8-13H2,1-2H3. The number of nitrogens with one attached hydrogen (secondary N) is 1. The maximum Gasteiger partial charge on any atom is 0.181 e. The summed E-state index contributed by atoms with van der Waals surface area (Å²) in [5, 5.41) is 4.53. The minimum Gasteiger partial charge on any atom is -0.445 e. The Balaban J connectivity index is 1.68. The van der Waals surface area contributed by atoms with Crippen molar-refractivity contribution in [2.45, 2.75) is 44.8 Å². The van der Waals surface area contributed by atoms with E-state index in [9.17, 15) is 4.39 Å². The number of nitrogens with zero attached hydrogens (tertiary/aromatic N) is 1. The first-order valence-corrected chi connectivity index (χ1v) is 9.22. The lowest BCUT2D eigenvalue weighted by molar-refractivity contribution is 0.149. The van der Waals surface area contributed by atoms with Crippen molar-refractivity contribution in [1.82, 2.24) is 4.90 Å². The summed E-state index contributed by atoms with van der Waals surface area (Å²) in [5.74, 6) is 7.62. The third-order valence-electron chi connectivity index (χ3n) is 5.33. The second-order valence-electron chi connectivity index (χ2n) is 7.43. The summed E-state index contributed by atoms with van der Waals surface area (Å²) in [4.78, 5) is 2.04. The quantitative estimate of drug-likeness (QED) is 0.845. The van der Waals surface area contributed by atoms with E-state index in [0.717, 1.165) is 47.7 Å². The van der Waals surface area contributed by atoms with Crippen molar-refractivity contribution < 1.29 is 8.81 Å². The monoisotopic (exact) mass is 340 g/mol. The van der Waals surface area contributed by atoms with Gasteiger partial charge in [-0.1, -0.05) is 18.1 Å². The SMILES string of the molecule is CC#Cc1oc2c(NC3CCN(C)CC3F)cccc2c1CC1CC1. The molecule has 2 fully saturated rings. The van der Waals surface area contributed by atoms with Crippen molar-refractivity contribution in [1.29, 1.82) is 0 Å². The molecule has 1 saturated heterocycles. The van der Waals surface area contributed by atoms with Crippen molar-refractivity contribution in [3.8, 4) is 11.8 Å². The van der Waals surface area contributed by atoms with Gasteiger partial charge in [0.15, 0.2) is 11.3 Å². The van der Waals surface area contributed by atoms with Gasteiger partial charge in [0.25, 0.3) is 0 Å². The molecule has 1 aromatic carbocycles. The number of likely N-dealkylation sites (tertiary alicyclic amines) is 1. The van der Waals surface area contributed by atoms with Crippen molar-refractivity contribution >= 4 is 16.7 Å². The number of fused-ring (bicyclic) bond motifs is 1. The van der Waals surface area contributed by atoms with Gasteiger partial charge < -0.3 is 14.6 Å². The van der Waals surface area contributed by atoms with Crippen LogP contribution in [0.15, 0.2) is 22.6 Å². The second kappa shape index (κ2) is 6.72. The molecule has 2 atom stereocenters. The first-order valence-electron chi connectivity index (χ1n) is 9.22. The Hall–Kier alpha value is -1.99. The maximum absolute atomic E-state index is 14.4. The fourth-order valence-corrected chi connectivity index (χ4v) is 3.73. The van der Waals surface area contributed by atoms with Gasteiger partial charge in [-0.05, 0) is 57.6 Å². The molecule has 132 valence electrons. The van der Waals surface area contributed by atoms with Crippen LogP contribution >= 0.6 is 0 Å². The van der Waals surface area contributed by atoms with Crippen molar-refractivity contribution in [3.63, 3.8) is 0 Å². The Bertz CT molecular complexity index is 828. The number of anilines is 1. The molecule has 2 heterocycles. The third-order valence-corrected chi connectivity index (χ3v) is 5.33. The molecular formula is C21H25FN2O. The molecule has 1 aliphatic carbocycles. The van der Waals surface area contributed by atoms with Gasteiger partial charge in [-0.15, -0.1) is 0 Å². The van der Waals surface area contributed by atoms with E-state index < -0.39 is 6.17 Å². The zero-order chi connectivity index (χ0) is 17.4. The normalized spacial score (nSPS) is 24.1. The Morgan fingerprint density at radius 1 is 1.32 bits per heavy atom. The number of halogens is 1. The molecule has 1 N–H and O–H groups in total. The highest BCUT2D eigenvalue weighted by atomic mass is 19.1. The molecule has 1 saturated carbocycles. The van der Waals surface area contributed by atoms with Crippen LogP contribution in [-0.2, 0) is 6.42 Å². The van der Waals surface area contributed by atoms with E-state index in [1.807, 2.05) is 31.0 Å². The fourth-order valence-electron chi connectivity index (χ4n) is 3.73. The van der Waals surface area contributed by atoms with E-state index in [4.69, 9.17) is 4.42 Å². The number of rotatable bonds is 4. The van der Waals surface area contributed by atoms with Crippen LogP contribution in [-0.4, -0.2) is 37.3 Å². The minimum absolute atomic E-state index is 0.167. The summed E-state index contributed by atoms with van der Waals surface area (Å²) < 4.78 is 20.5. The average Bonchev–Trinajstić information content (AvgIpc) is 3.34. The van der Waals surface area contributed by atoms with Gasteiger partial charge in [0.1, 0.15) is 6.17 Å². The number of benzene rings is 1. The molecule has 4 heteroatoms. The number of piperidine rings is 1. The summed E-state index contributed by atoms with van der Waals surface area (Å²) in [6, 6.07) is 5.95. The Morgan fingerprint density at radius 2 is 2.16 bits per heavy atom. The number of hydrogen-bond acceptors (Lipinski definition) is 3. The lowest BCUT2D eigenvalue weighted by Crippen LogP contribution is -2.46. The van der Waals surface area contributed by atoms with Gasteiger partial charge in [0, 0.05) is 24.0 Å². The molecular weight excluding hydrogens is 315 g/mol. The molecule has 3 nitrogen and oxygen atoms in total. The van der Waals surface area contributed by atoms with Gasteiger partial charge in [-0.2, -0.15) is 0 Å². The van der Waals surface area contributed by atoms with E-state index in [1.54, 1.807) is 0 Å². The predicted molar refractivity (Wildman–Crippen MR) is 99.6 cm³/mol. The fraction of sp³-hybridized carbons (Fsp3) is 0.524. The molecule has 1 aliphatic heterocycles. The number of para-hydroxylation sites is 1. The maximum atomic E-state index is 14.4. The molecule has 0 bridgehead atoms. The van der Waals surface area contributed by atoms with Gasteiger partial charge in [0.05, 0.1) is 11.7 Å². The van der Waals surface area contributed by atoms with Crippen molar-refractivity contribution in [2.24, 2.45) is 5.92 Å². The van der Waals surface area contributed by atoms with E-state index in [1.165, 1.54) is 18.4 Å². The summed E-state index contributed by atoms with van der Waals surface area (Å²) in [5.41, 5.74) is 2.92. The first kappa shape index (κ1) is 16.5. The number of alkyl halides is 1. The number of hydrogen-bond donors (Lipinski definition) is 1. The van der Waals surface area contributed by atoms with Crippen LogP contribution in [0.25, 0.3) is 11.0 Å². The van der Waals surface area contributed by atoms with E-state index >= 15 is 0 Å². The highest BCUT2D eigenvalue weighted by molar-refractivity contribution is 5.93. The Labute approximate surface area is 148 Å². The van der Waals surface area contributed by atoms with Crippen LogP contribution in [0.1, 0.15) is 37.5 Å². The molecule has 2 aliphatic rings. The van der Waals surface area contributed by atoms with E-state index in [-0.39, 0.29) is 6.04 Å². The zero-order valence-electron chi connectivity index (χ0n) is 14.9. The van der Waals surface area contributed by atoms with Gasteiger partial charge in [-0.3, -0.25) is 0 Å². The van der Waals surface area contributed by atoms with Crippen LogP contribution in [0.3, 0.4) is 0 Å². The van der Waals surface area contributed by atoms with Crippen molar-refractivity contribution in [3.05, 3.63) is 29.5 Å². The van der Waals surface area contributed by atoms with Crippen LogP contribution in [0, 0.1) is 17.8 Å². The Morgan fingerprint density at radius 3 is 2.88 bits per heavy atom. The molecule has 1 aromatic heterocycles. The van der Waals surface area contributed by atoms with Crippen LogP contribution in [0.5, 0.6) is 0 Å². The van der Waals surface area contributed by atoms with Gasteiger partial charge >= 0.3 is 0 Å². The molecule has 2 aromatic rings. The highest BCUT2D eigenvalue weighted by Crippen LogP contribution is 2.39. The minimum atomic E-state index is -0.871. The Kier molecular flexibility index (Phi) is 4.43. The van der Waals surface area contributed by atoms with Crippen LogP contribution in [0.4, 0.5) is 10.1 Å². The second-order valence-corrected chi connectivity index (χ2v) is 7.43. The number of furan rings is 1. The summed E-state index contributed by atoms with van der Waals surface area (Å²) in [7, 11) is 1.97. The third kappa shape index (κ3) is 3.39. The topological polar surface area (TPSA) is 28.4 Å². The molecule has 0 radical (unpaired) electrons.